The topological polar surface area (TPSA) is 114 Å². The van der Waals surface area contributed by atoms with Gasteiger partial charge in [-0.15, -0.1) is 11.3 Å². The van der Waals surface area contributed by atoms with E-state index in [0.717, 1.165) is 43.1 Å². The van der Waals surface area contributed by atoms with Crippen molar-refractivity contribution in [2.75, 3.05) is 36.4 Å². The Kier molecular flexibility index (Phi) is 6.03. The number of carbonyl (C=O) groups is 1. The van der Waals surface area contributed by atoms with Crippen LogP contribution < -0.4 is 20.7 Å². The van der Waals surface area contributed by atoms with Crippen molar-refractivity contribution in [2.24, 2.45) is 5.73 Å². The highest BCUT2D eigenvalue weighted by molar-refractivity contribution is 7.12. The van der Waals surface area contributed by atoms with E-state index in [2.05, 4.69) is 68.3 Å². The first-order valence-corrected chi connectivity index (χ1v) is 12.0. The molecule has 0 atom stereocenters. The van der Waals surface area contributed by atoms with E-state index in [1.807, 2.05) is 5.38 Å². The molecule has 1 amide bonds. The Balaban J connectivity index is 1.32. The second kappa shape index (κ2) is 9.27. The van der Waals surface area contributed by atoms with Gasteiger partial charge in [0.1, 0.15) is 6.33 Å². The number of aromatic nitrogens is 4. The Morgan fingerprint density at radius 3 is 2.62 bits per heavy atom. The van der Waals surface area contributed by atoms with Crippen LogP contribution in [0.4, 0.5) is 22.0 Å². The Bertz CT molecular complexity index is 1290. The summed E-state index contributed by atoms with van der Waals surface area (Å²) in [4.78, 5) is 24.9. The molecule has 0 bridgehead atoms. The number of nitrogens with one attached hydrogen (secondary N) is 1. The van der Waals surface area contributed by atoms with E-state index in [9.17, 15) is 4.79 Å². The van der Waals surface area contributed by atoms with Crippen LogP contribution >= 0.6 is 11.3 Å². The lowest BCUT2D eigenvalue weighted by Crippen LogP contribution is -2.48. The molecule has 11 heteroatoms. The molecule has 176 valence electrons. The van der Waals surface area contributed by atoms with Crippen molar-refractivity contribution in [2.45, 2.75) is 19.9 Å². The van der Waals surface area contributed by atoms with Gasteiger partial charge in [-0.3, -0.25) is 4.90 Å². The molecule has 0 unspecified atom stereocenters. The number of piperazine rings is 1. The summed E-state index contributed by atoms with van der Waals surface area (Å²) in [5.41, 5.74) is 9.36. The van der Waals surface area contributed by atoms with Gasteiger partial charge in [0, 0.05) is 60.6 Å². The molecule has 3 aromatic heterocycles. The summed E-state index contributed by atoms with van der Waals surface area (Å²) in [5, 5.41) is 9.96. The van der Waals surface area contributed by atoms with E-state index in [0.29, 0.717) is 22.6 Å². The number of benzene rings is 1. The first kappa shape index (κ1) is 22.1. The first-order chi connectivity index (χ1) is 16.5. The minimum absolute atomic E-state index is 0.406. The van der Waals surface area contributed by atoms with E-state index in [-0.39, 0.29) is 0 Å². The van der Waals surface area contributed by atoms with Gasteiger partial charge >= 0.3 is 6.09 Å². The lowest BCUT2D eigenvalue weighted by atomic mass is 10.2. The number of anilines is 3. The molecule has 4 aromatic rings. The maximum Gasteiger partial charge on any atom is 0.410 e. The standard InChI is InChI=1S/C23H26N8O2S/c1-15(2)29-7-9-30(10-8-29)18-5-3-17(4-6-18)28-21-22-26-14-27-31(22)19(12-25-21)16-11-20(34-13-16)33-23(24)32/h3-6,11-15H,7-10H2,1-2H3,(H2,24,32)(H,25,28). The Hall–Kier alpha value is -3.70. The molecular formula is C23H26N8O2S. The maximum absolute atomic E-state index is 11.0. The lowest BCUT2D eigenvalue weighted by molar-refractivity contribution is 0.209. The number of nitrogens with two attached hydrogens (primary N) is 1. The zero-order chi connectivity index (χ0) is 23.7. The number of carbonyl (C=O) groups excluding carboxylic acids is 1. The average molecular weight is 479 g/mol. The summed E-state index contributed by atoms with van der Waals surface area (Å²) >= 11 is 1.27. The van der Waals surface area contributed by atoms with E-state index in [1.165, 1.54) is 23.4 Å². The predicted octanol–water partition coefficient (Wildman–Crippen LogP) is 3.58. The van der Waals surface area contributed by atoms with Crippen molar-refractivity contribution in [3.05, 3.63) is 48.2 Å². The van der Waals surface area contributed by atoms with Gasteiger partial charge in [0.05, 0.1) is 11.9 Å². The van der Waals surface area contributed by atoms with Gasteiger partial charge in [0.2, 0.25) is 0 Å². The van der Waals surface area contributed by atoms with Crippen LogP contribution in [0.15, 0.2) is 48.2 Å². The van der Waals surface area contributed by atoms with Crippen LogP contribution in [0.2, 0.25) is 0 Å². The molecule has 0 saturated carbocycles. The van der Waals surface area contributed by atoms with Gasteiger partial charge in [-0.2, -0.15) is 5.10 Å². The molecule has 0 radical (unpaired) electrons. The second-order valence-corrected chi connectivity index (χ2v) is 9.23. The number of primary amides is 1. The van der Waals surface area contributed by atoms with Crippen molar-refractivity contribution in [1.29, 1.82) is 0 Å². The molecule has 34 heavy (non-hydrogen) atoms. The molecule has 10 nitrogen and oxygen atoms in total. The van der Waals surface area contributed by atoms with Crippen LogP contribution in [-0.2, 0) is 0 Å². The molecule has 1 fully saturated rings. The third kappa shape index (κ3) is 4.52. The molecule has 3 N–H and O–H groups in total. The van der Waals surface area contributed by atoms with Crippen LogP contribution in [0.1, 0.15) is 13.8 Å². The minimum Gasteiger partial charge on any atom is -0.399 e. The van der Waals surface area contributed by atoms with Crippen molar-refractivity contribution in [3.8, 4) is 16.3 Å². The molecular weight excluding hydrogens is 452 g/mol. The van der Waals surface area contributed by atoms with Gasteiger partial charge in [0.15, 0.2) is 16.5 Å². The Morgan fingerprint density at radius 1 is 1.15 bits per heavy atom. The van der Waals surface area contributed by atoms with Gasteiger partial charge in [-0.05, 0) is 38.1 Å². The number of nitrogens with zero attached hydrogens (tertiary/aromatic N) is 6. The zero-order valence-electron chi connectivity index (χ0n) is 19.0. The molecule has 1 aromatic carbocycles. The minimum atomic E-state index is -0.846. The largest absolute Gasteiger partial charge is 0.410 e. The normalized spacial score (nSPS) is 14.6. The summed E-state index contributed by atoms with van der Waals surface area (Å²) < 4.78 is 6.66. The summed E-state index contributed by atoms with van der Waals surface area (Å²) in [5.74, 6) is 0.600. The summed E-state index contributed by atoms with van der Waals surface area (Å²) in [6.07, 6.45) is 2.35. The smallest absolute Gasteiger partial charge is 0.399 e. The fraction of sp³-hybridized carbons (Fsp3) is 0.304. The average Bonchev–Trinajstić information content (AvgIpc) is 3.50. The molecule has 1 aliphatic rings. The molecule has 4 heterocycles. The van der Waals surface area contributed by atoms with Crippen molar-refractivity contribution in [1.82, 2.24) is 24.5 Å². The highest BCUT2D eigenvalue weighted by Gasteiger charge is 2.19. The van der Waals surface area contributed by atoms with Gasteiger partial charge in [-0.1, -0.05) is 0 Å². The Morgan fingerprint density at radius 2 is 1.91 bits per heavy atom. The quantitative estimate of drug-likeness (QED) is 0.432. The number of thiophene rings is 1. The zero-order valence-corrected chi connectivity index (χ0v) is 19.8. The summed E-state index contributed by atoms with van der Waals surface area (Å²) in [6, 6.07) is 10.7. The van der Waals surface area contributed by atoms with E-state index < -0.39 is 6.09 Å². The van der Waals surface area contributed by atoms with Gasteiger partial charge in [0.25, 0.3) is 0 Å². The predicted molar refractivity (Wildman–Crippen MR) is 133 cm³/mol. The van der Waals surface area contributed by atoms with Crippen LogP contribution in [-0.4, -0.2) is 62.8 Å². The number of hydrogen-bond donors (Lipinski definition) is 2. The molecule has 0 aliphatic carbocycles. The maximum atomic E-state index is 11.0. The van der Waals surface area contributed by atoms with Crippen molar-refractivity contribution < 1.29 is 9.53 Å². The summed E-state index contributed by atoms with van der Waals surface area (Å²) in [7, 11) is 0. The lowest BCUT2D eigenvalue weighted by Gasteiger charge is -2.38. The van der Waals surface area contributed by atoms with E-state index in [4.69, 9.17) is 10.5 Å². The highest BCUT2D eigenvalue weighted by atomic mass is 32.1. The Labute approximate surface area is 201 Å². The van der Waals surface area contributed by atoms with Crippen LogP contribution in [0.5, 0.6) is 5.06 Å². The molecule has 0 spiro atoms. The molecule has 5 rings (SSSR count). The number of hydrogen-bond acceptors (Lipinski definition) is 9. The summed E-state index contributed by atoms with van der Waals surface area (Å²) in [6.45, 7) is 8.72. The van der Waals surface area contributed by atoms with E-state index in [1.54, 1.807) is 16.8 Å². The van der Waals surface area contributed by atoms with Crippen LogP contribution in [0.25, 0.3) is 16.9 Å². The number of fused-ring (bicyclic) bond motifs is 1. The van der Waals surface area contributed by atoms with Gasteiger partial charge < -0.3 is 20.7 Å². The first-order valence-electron chi connectivity index (χ1n) is 11.1. The number of rotatable bonds is 6. The third-order valence-corrected chi connectivity index (χ3v) is 6.72. The fourth-order valence-corrected chi connectivity index (χ4v) is 4.85. The van der Waals surface area contributed by atoms with Crippen molar-refractivity contribution >= 4 is 40.3 Å². The second-order valence-electron chi connectivity index (χ2n) is 8.35. The molecule has 1 saturated heterocycles. The third-order valence-electron chi connectivity index (χ3n) is 5.92. The van der Waals surface area contributed by atoms with Gasteiger partial charge in [-0.25, -0.2) is 19.3 Å². The van der Waals surface area contributed by atoms with Crippen molar-refractivity contribution in [3.63, 3.8) is 0 Å². The van der Waals surface area contributed by atoms with E-state index >= 15 is 0 Å². The van der Waals surface area contributed by atoms with Crippen LogP contribution in [0, 0.1) is 0 Å². The fourth-order valence-electron chi connectivity index (χ4n) is 4.09. The number of amides is 1. The number of ether oxygens (including phenoxy) is 1. The SMILES string of the molecule is CC(C)N1CCN(c2ccc(Nc3ncc(-c4csc(OC(N)=O)c4)n4ncnc34)cc2)CC1. The van der Waals surface area contributed by atoms with Crippen LogP contribution in [0.3, 0.4) is 0 Å². The molecule has 1 aliphatic heterocycles. The highest BCUT2D eigenvalue weighted by Crippen LogP contribution is 2.32. The monoisotopic (exact) mass is 478 g/mol.